The second kappa shape index (κ2) is 9.19. The topological polar surface area (TPSA) is 97.0 Å². The molecule has 0 fully saturated rings. The normalized spacial score (nSPS) is 17.5. The predicted molar refractivity (Wildman–Crippen MR) is 133 cm³/mol. The third-order valence-electron chi connectivity index (χ3n) is 6.00. The molecule has 1 aliphatic heterocycles. The van der Waals surface area contributed by atoms with Crippen molar-refractivity contribution in [2.45, 2.75) is 19.0 Å². The first-order valence-corrected chi connectivity index (χ1v) is 11.1. The molecular weight excluding hydrogens is 452 g/mol. The Morgan fingerprint density at radius 3 is 2.53 bits per heavy atom. The maximum absolute atomic E-state index is 12.8. The number of nitrogens with zero attached hydrogens (tertiary/aromatic N) is 2. The summed E-state index contributed by atoms with van der Waals surface area (Å²) >= 11 is 6.31. The number of aliphatic imine (C=N–C) groups is 1. The van der Waals surface area contributed by atoms with Crippen LogP contribution in [0.5, 0.6) is 5.75 Å². The lowest BCUT2D eigenvalue weighted by Crippen LogP contribution is -2.38. The average molecular weight is 477 g/mol. The van der Waals surface area contributed by atoms with Crippen LogP contribution in [0.15, 0.2) is 71.7 Å². The quantitative estimate of drug-likeness (QED) is 0.563. The molecule has 1 unspecified atom stereocenters. The fourth-order valence-corrected chi connectivity index (χ4v) is 4.12. The molecule has 0 aliphatic carbocycles. The van der Waals surface area contributed by atoms with E-state index < -0.39 is 5.54 Å². The Hall–Kier alpha value is -3.84. The van der Waals surface area contributed by atoms with Crippen LogP contribution in [0.4, 0.5) is 0 Å². The largest absolute Gasteiger partial charge is 0.497 e. The molecule has 1 heterocycles. The van der Waals surface area contributed by atoms with Gasteiger partial charge in [-0.15, -0.1) is 0 Å². The number of hydrogen-bond donors (Lipinski definition) is 2. The van der Waals surface area contributed by atoms with Gasteiger partial charge in [0.25, 0.3) is 11.8 Å². The number of guanidine groups is 1. The summed E-state index contributed by atoms with van der Waals surface area (Å²) in [7, 11) is 3.19. The maximum Gasteiger partial charge on any atom is 0.261 e. The number of halogens is 1. The summed E-state index contributed by atoms with van der Waals surface area (Å²) in [5.74, 6) is 0.472. The molecule has 2 amide bonds. The van der Waals surface area contributed by atoms with E-state index in [1.807, 2.05) is 36.4 Å². The van der Waals surface area contributed by atoms with E-state index in [9.17, 15) is 9.59 Å². The minimum absolute atomic E-state index is 0.183. The van der Waals surface area contributed by atoms with Gasteiger partial charge in [0.05, 0.1) is 7.11 Å². The molecule has 34 heavy (non-hydrogen) atoms. The molecule has 3 N–H and O–H groups in total. The van der Waals surface area contributed by atoms with Gasteiger partial charge in [-0.2, -0.15) is 0 Å². The number of ether oxygens (including phenoxy) is 1. The Morgan fingerprint density at radius 2 is 1.88 bits per heavy atom. The summed E-state index contributed by atoms with van der Waals surface area (Å²) in [6.45, 7) is 2.05. The Labute approximate surface area is 203 Å². The Kier molecular flexibility index (Phi) is 6.30. The van der Waals surface area contributed by atoms with Crippen molar-refractivity contribution in [3.8, 4) is 16.9 Å². The van der Waals surface area contributed by atoms with Crippen LogP contribution >= 0.6 is 11.6 Å². The van der Waals surface area contributed by atoms with E-state index in [1.54, 1.807) is 51.4 Å². The van der Waals surface area contributed by atoms with Gasteiger partial charge in [-0.1, -0.05) is 35.9 Å². The zero-order valence-corrected chi connectivity index (χ0v) is 19.9. The van der Waals surface area contributed by atoms with Crippen molar-refractivity contribution in [3.05, 3.63) is 88.4 Å². The van der Waals surface area contributed by atoms with Crippen LogP contribution in [-0.2, 0) is 16.9 Å². The lowest BCUT2D eigenvalue weighted by molar-refractivity contribution is -0.130. The molecular formula is C26H25ClN4O3. The Bertz CT molecular complexity index is 1290. The zero-order valence-electron chi connectivity index (χ0n) is 19.1. The molecule has 174 valence electrons. The van der Waals surface area contributed by atoms with Gasteiger partial charge >= 0.3 is 0 Å². The molecule has 8 heteroatoms. The second-order valence-electron chi connectivity index (χ2n) is 8.20. The molecule has 0 saturated carbocycles. The van der Waals surface area contributed by atoms with E-state index in [1.165, 1.54) is 4.90 Å². The van der Waals surface area contributed by atoms with Gasteiger partial charge in [-0.3, -0.25) is 14.5 Å². The van der Waals surface area contributed by atoms with Gasteiger partial charge in [-0.25, -0.2) is 4.99 Å². The number of nitrogens with one attached hydrogen (secondary N) is 1. The van der Waals surface area contributed by atoms with Gasteiger partial charge in [0.15, 0.2) is 11.5 Å². The lowest BCUT2D eigenvalue weighted by Gasteiger charge is -2.21. The number of benzene rings is 3. The number of likely N-dealkylation sites (N-methyl/N-ethyl adjacent to an activating group) is 1. The van der Waals surface area contributed by atoms with Crippen molar-refractivity contribution in [1.82, 2.24) is 10.2 Å². The van der Waals surface area contributed by atoms with Gasteiger partial charge in [0, 0.05) is 24.2 Å². The minimum Gasteiger partial charge on any atom is -0.497 e. The molecule has 4 rings (SSSR count). The Balaban J connectivity index is 1.62. The van der Waals surface area contributed by atoms with E-state index in [2.05, 4.69) is 10.3 Å². The van der Waals surface area contributed by atoms with Crippen molar-refractivity contribution in [1.29, 1.82) is 0 Å². The standard InChI is InChI=1S/C26H25ClN4O3/c1-26(24(33)31(2)25(28)30-26)19-6-4-5-17(13-19)22-14-20(27)10-7-18(22)15-29-23(32)16-8-11-21(34-3)12-9-16/h4-14H,15H2,1-3H3,(H2,28,30)(H,29,32). The Morgan fingerprint density at radius 1 is 1.15 bits per heavy atom. The predicted octanol–water partition coefficient (Wildman–Crippen LogP) is 3.95. The summed E-state index contributed by atoms with van der Waals surface area (Å²) in [6, 6.07) is 20.0. The van der Waals surface area contributed by atoms with Crippen molar-refractivity contribution in [2.75, 3.05) is 14.2 Å². The first-order chi connectivity index (χ1) is 16.2. The summed E-state index contributed by atoms with van der Waals surface area (Å²) in [5, 5.41) is 3.52. The number of methoxy groups -OCH3 is 1. The van der Waals surface area contributed by atoms with Gasteiger partial charge in [-0.05, 0) is 71.6 Å². The number of rotatable bonds is 6. The van der Waals surface area contributed by atoms with E-state index in [0.717, 1.165) is 22.3 Å². The average Bonchev–Trinajstić information content (AvgIpc) is 3.06. The first-order valence-electron chi connectivity index (χ1n) is 10.7. The number of carbonyl (C=O) groups is 2. The molecule has 7 nitrogen and oxygen atoms in total. The van der Waals surface area contributed by atoms with E-state index in [4.69, 9.17) is 22.1 Å². The summed E-state index contributed by atoms with van der Waals surface area (Å²) in [6.07, 6.45) is 0. The van der Waals surface area contributed by atoms with E-state index >= 15 is 0 Å². The van der Waals surface area contributed by atoms with Gasteiger partial charge in [0.2, 0.25) is 0 Å². The van der Waals surface area contributed by atoms with Crippen LogP contribution in [0.2, 0.25) is 5.02 Å². The number of amides is 2. The number of hydrogen-bond acceptors (Lipinski definition) is 5. The van der Waals surface area contributed by atoms with Crippen LogP contribution in [-0.4, -0.2) is 36.8 Å². The van der Waals surface area contributed by atoms with Crippen molar-refractivity contribution in [3.63, 3.8) is 0 Å². The summed E-state index contributed by atoms with van der Waals surface area (Å²) < 4.78 is 5.14. The molecule has 1 atom stereocenters. The molecule has 0 aromatic heterocycles. The highest BCUT2D eigenvalue weighted by molar-refractivity contribution is 6.30. The lowest BCUT2D eigenvalue weighted by atomic mass is 9.89. The van der Waals surface area contributed by atoms with Crippen molar-refractivity contribution in [2.24, 2.45) is 10.7 Å². The summed E-state index contributed by atoms with van der Waals surface area (Å²) in [4.78, 5) is 31.2. The molecule has 0 bridgehead atoms. The summed E-state index contributed by atoms with van der Waals surface area (Å²) in [5.41, 5.74) is 8.63. The highest BCUT2D eigenvalue weighted by atomic mass is 35.5. The van der Waals surface area contributed by atoms with E-state index in [0.29, 0.717) is 22.9 Å². The third-order valence-corrected chi connectivity index (χ3v) is 6.24. The third kappa shape index (κ3) is 4.34. The smallest absolute Gasteiger partial charge is 0.261 e. The minimum atomic E-state index is -1.10. The fraction of sp³-hybridized carbons (Fsp3) is 0.192. The van der Waals surface area contributed by atoms with Crippen LogP contribution in [0.25, 0.3) is 11.1 Å². The molecule has 0 saturated heterocycles. The number of carbonyl (C=O) groups excluding carboxylic acids is 2. The highest BCUT2D eigenvalue weighted by Crippen LogP contribution is 2.35. The van der Waals surface area contributed by atoms with Crippen molar-refractivity contribution < 1.29 is 14.3 Å². The highest BCUT2D eigenvalue weighted by Gasteiger charge is 2.43. The maximum atomic E-state index is 12.8. The monoisotopic (exact) mass is 476 g/mol. The van der Waals surface area contributed by atoms with Gasteiger partial charge < -0.3 is 15.8 Å². The van der Waals surface area contributed by atoms with Crippen LogP contribution in [0, 0.1) is 0 Å². The SMILES string of the molecule is COc1ccc(C(=O)NCc2ccc(Cl)cc2-c2cccc(C3(C)N=C(N)N(C)C3=O)c2)cc1. The van der Waals surface area contributed by atoms with Crippen LogP contribution < -0.4 is 15.8 Å². The fourth-order valence-electron chi connectivity index (χ4n) is 3.95. The number of nitrogens with two attached hydrogens (primary N) is 1. The molecule has 0 radical (unpaired) electrons. The van der Waals surface area contributed by atoms with Crippen molar-refractivity contribution >= 4 is 29.4 Å². The molecule has 3 aromatic carbocycles. The first kappa shape index (κ1) is 23.3. The van der Waals surface area contributed by atoms with Gasteiger partial charge in [0.1, 0.15) is 5.75 Å². The molecule has 0 spiro atoms. The second-order valence-corrected chi connectivity index (χ2v) is 8.64. The van der Waals surface area contributed by atoms with Crippen LogP contribution in [0.3, 0.4) is 0 Å². The molecule has 1 aliphatic rings. The zero-order chi connectivity index (χ0) is 24.5. The molecule has 3 aromatic rings. The van der Waals surface area contributed by atoms with E-state index in [-0.39, 0.29) is 17.8 Å². The van der Waals surface area contributed by atoms with Crippen LogP contribution in [0.1, 0.15) is 28.4 Å².